The van der Waals surface area contributed by atoms with Gasteiger partial charge in [-0.05, 0) is 36.8 Å². The van der Waals surface area contributed by atoms with E-state index < -0.39 is 5.97 Å². The predicted molar refractivity (Wildman–Crippen MR) is 96.0 cm³/mol. The van der Waals surface area contributed by atoms with Crippen LogP contribution in [0.15, 0.2) is 48.5 Å². The van der Waals surface area contributed by atoms with Crippen molar-refractivity contribution < 1.29 is 23.7 Å². The van der Waals surface area contributed by atoms with Gasteiger partial charge < -0.3 is 18.9 Å². The van der Waals surface area contributed by atoms with E-state index >= 15 is 0 Å². The minimum absolute atomic E-state index is 0.153. The number of rotatable bonds is 8. The zero-order chi connectivity index (χ0) is 18.1. The van der Waals surface area contributed by atoms with E-state index in [0.717, 1.165) is 11.1 Å². The van der Waals surface area contributed by atoms with Crippen LogP contribution in [-0.2, 0) is 16.1 Å². The van der Waals surface area contributed by atoms with Crippen LogP contribution in [0.4, 0.5) is 0 Å². The van der Waals surface area contributed by atoms with Crippen LogP contribution in [0.3, 0.4) is 0 Å². The first-order chi connectivity index (χ1) is 12.2. The number of hydrogen-bond donors (Lipinski definition) is 0. The molecule has 0 aliphatic rings. The lowest BCUT2D eigenvalue weighted by Gasteiger charge is -2.09. The van der Waals surface area contributed by atoms with E-state index in [4.69, 9.17) is 18.9 Å². The number of carbonyl (C=O) groups excluding carboxylic acids is 1. The minimum atomic E-state index is -0.432. The van der Waals surface area contributed by atoms with E-state index in [1.807, 2.05) is 43.3 Å². The molecule has 0 heterocycles. The summed E-state index contributed by atoms with van der Waals surface area (Å²) in [6.07, 6.45) is 3.05. The molecule has 0 aromatic heterocycles. The highest BCUT2D eigenvalue weighted by Gasteiger charge is 2.06. The first-order valence-electron chi connectivity index (χ1n) is 7.95. The first kappa shape index (κ1) is 18.4. The normalized spacial score (nSPS) is 10.5. The Morgan fingerprint density at radius 1 is 1.00 bits per heavy atom. The van der Waals surface area contributed by atoms with Crippen molar-refractivity contribution in [3.05, 3.63) is 59.7 Å². The molecule has 0 aliphatic carbocycles. The van der Waals surface area contributed by atoms with Crippen molar-refractivity contribution in [2.75, 3.05) is 20.8 Å². The van der Waals surface area contributed by atoms with E-state index in [0.29, 0.717) is 23.9 Å². The minimum Gasteiger partial charge on any atom is -0.496 e. The average Bonchev–Trinajstić information content (AvgIpc) is 2.65. The Balaban J connectivity index is 1.98. The molecule has 5 nitrogen and oxygen atoms in total. The second kappa shape index (κ2) is 9.37. The van der Waals surface area contributed by atoms with Gasteiger partial charge in [0.1, 0.15) is 12.4 Å². The Kier molecular flexibility index (Phi) is 6.89. The Morgan fingerprint density at radius 2 is 1.76 bits per heavy atom. The average molecular weight is 342 g/mol. The number of para-hydroxylation sites is 1. The van der Waals surface area contributed by atoms with Gasteiger partial charge in [0, 0.05) is 11.6 Å². The van der Waals surface area contributed by atoms with E-state index in [1.165, 1.54) is 6.08 Å². The van der Waals surface area contributed by atoms with Gasteiger partial charge >= 0.3 is 5.97 Å². The topological polar surface area (TPSA) is 54.0 Å². The predicted octanol–water partition coefficient (Wildman–Crippen LogP) is 3.86. The molecule has 2 aromatic carbocycles. The van der Waals surface area contributed by atoms with Gasteiger partial charge in [0.05, 0.1) is 20.8 Å². The summed E-state index contributed by atoms with van der Waals surface area (Å²) in [6, 6.07) is 12.9. The standard InChI is InChI=1S/C20H22O5/c1-4-24-18-11-9-15(13-19(18)23-3)10-12-20(21)25-14-16-7-5-6-8-17(16)22-2/h5-13H,4,14H2,1-3H3/b12-10+. The van der Waals surface area contributed by atoms with Crippen molar-refractivity contribution in [2.24, 2.45) is 0 Å². The molecule has 2 aromatic rings. The van der Waals surface area contributed by atoms with Crippen LogP contribution in [0.25, 0.3) is 6.08 Å². The van der Waals surface area contributed by atoms with Crippen molar-refractivity contribution in [3.8, 4) is 17.2 Å². The molecule has 2 rings (SSSR count). The van der Waals surface area contributed by atoms with Crippen molar-refractivity contribution >= 4 is 12.0 Å². The Morgan fingerprint density at radius 3 is 2.48 bits per heavy atom. The maximum atomic E-state index is 11.9. The summed E-state index contributed by atoms with van der Waals surface area (Å²) in [5, 5.41) is 0. The number of methoxy groups -OCH3 is 2. The molecule has 0 fully saturated rings. The lowest BCUT2D eigenvalue weighted by molar-refractivity contribution is -0.138. The second-order valence-corrected chi connectivity index (χ2v) is 5.10. The van der Waals surface area contributed by atoms with Gasteiger partial charge in [0.2, 0.25) is 0 Å². The number of esters is 1. The fourth-order valence-electron chi connectivity index (χ4n) is 2.25. The van der Waals surface area contributed by atoms with Crippen LogP contribution < -0.4 is 14.2 Å². The van der Waals surface area contributed by atoms with Gasteiger partial charge in [-0.1, -0.05) is 24.3 Å². The number of ether oxygens (including phenoxy) is 4. The third-order valence-electron chi connectivity index (χ3n) is 3.46. The van der Waals surface area contributed by atoms with Crippen molar-refractivity contribution in [2.45, 2.75) is 13.5 Å². The van der Waals surface area contributed by atoms with Gasteiger partial charge in [-0.15, -0.1) is 0 Å². The molecule has 0 N–H and O–H groups in total. The Bertz CT molecular complexity index is 737. The fraction of sp³-hybridized carbons (Fsp3) is 0.250. The van der Waals surface area contributed by atoms with Crippen LogP contribution >= 0.6 is 0 Å². The highest BCUT2D eigenvalue weighted by Crippen LogP contribution is 2.28. The molecule has 0 spiro atoms. The van der Waals surface area contributed by atoms with E-state index in [1.54, 1.807) is 26.4 Å². The van der Waals surface area contributed by atoms with E-state index in [2.05, 4.69) is 0 Å². The van der Waals surface area contributed by atoms with Gasteiger partial charge in [0.15, 0.2) is 11.5 Å². The summed E-state index contributed by atoms with van der Waals surface area (Å²) in [5.74, 6) is 1.54. The van der Waals surface area contributed by atoms with Crippen LogP contribution in [-0.4, -0.2) is 26.8 Å². The van der Waals surface area contributed by atoms with Crippen LogP contribution in [0, 0.1) is 0 Å². The smallest absolute Gasteiger partial charge is 0.331 e. The van der Waals surface area contributed by atoms with Crippen LogP contribution in [0.1, 0.15) is 18.1 Å². The zero-order valence-corrected chi connectivity index (χ0v) is 14.7. The maximum Gasteiger partial charge on any atom is 0.331 e. The number of carbonyl (C=O) groups is 1. The monoisotopic (exact) mass is 342 g/mol. The van der Waals surface area contributed by atoms with E-state index in [9.17, 15) is 4.79 Å². The fourth-order valence-corrected chi connectivity index (χ4v) is 2.25. The quantitative estimate of drug-likeness (QED) is 0.539. The molecule has 0 atom stereocenters. The Hall–Kier alpha value is -2.95. The largest absolute Gasteiger partial charge is 0.496 e. The maximum absolute atomic E-state index is 11.9. The Labute approximate surface area is 147 Å². The molecule has 0 unspecified atom stereocenters. The molecule has 25 heavy (non-hydrogen) atoms. The molecule has 132 valence electrons. The van der Waals surface area contributed by atoms with Gasteiger partial charge in [-0.3, -0.25) is 0 Å². The molecule has 0 aliphatic heterocycles. The van der Waals surface area contributed by atoms with Crippen molar-refractivity contribution in [3.63, 3.8) is 0 Å². The van der Waals surface area contributed by atoms with Crippen LogP contribution in [0.5, 0.6) is 17.2 Å². The third kappa shape index (κ3) is 5.28. The summed E-state index contributed by atoms with van der Waals surface area (Å²) in [6.45, 7) is 2.62. The summed E-state index contributed by atoms with van der Waals surface area (Å²) in [5.41, 5.74) is 1.63. The summed E-state index contributed by atoms with van der Waals surface area (Å²) in [7, 11) is 3.16. The highest BCUT2D eigenvalue weighted by molar-refractivity contribution is 5.87. The third-order valence-corrected chi connectivity index (χ3v) is 3.46. The highest BCUT2D eigenvalue weighted by atomic mass is 16.5. The van der Waals surface area contributed by atoms with Crippen molar-refractivity contribution in [1.82, 2.24) is 0 Å². The van der Waals surface area contributed by atoms with Crippen molar-refractivity contribution in [1.29, 1.82) is 0 Å². The number of benzene rings is 2. The lowest BCUT2D eigenvalue weighted by atomic mass is 10.2. The first-order valence-corrected chi connectivity index (χ1v) is 7.95. The molecule has 0 amide bonds. The molecule has 0 radical (unpaired) electrons. The SMILES string of the molecule is CCOc1ccc(/C=C/C(=O)OCc2ccccc2OC)cc1OC. The number of hydrogen-bond acceptors (Lipinski definition) is 5. The molecule has 0 bridgehead atoms. The zero-order valence-electron chi connectivity index (χ0n) is 14.7. The summed E-state index contributed by atoms with van der Waals surface area (Å²) < 4.78 is 21.2. The van der Waals surface area contributed by atoms with Gasteiger partial charge in [-0.2, -0.15) is 0 Å². The summed E-state index contributed by atoms with van der Waals surface area (Å²) >= 11 is 0. The van der Waals surface area contributed by atoms with Gasteiger partial charge in [0.25, 0.3) is 0 Å². The van der Waals surface area contributed by atoms with Crippen LogP contribution in [0.2, 0.25) is 0 Å². The molecule has 0 saturated heterocycles. The molecule has 0 saturated carbocycles. The lowest BCUT2D eigenvalue weighted by Crippen LogP contribution is -2.02. The molecular formula is C20H22O5. The molecule has 5 heteroatoms. The van der Waals surface area contributed by atoms with Gasteiger partial charge in [-0.25, -0.2) is 4.79 Å². The molecular weight excluding hydrogens is 320 g/mol. The second-order valence-electron chi connectivity index (χ2n) is 5.10. The van der Waals surface area contributed by atoms with E-state index in [-0.39, 0.29) is 6.61 Å². The summed E-state index contributed by atoms with van der Waals surface area (Å²) in [4.78, 5) is 11.9.